The van der Waals surface area contributed by atoms with Gasteiger partial charge < -0.3 is 10.6 Å². The second-order valence-electron chi connectivity index (χ2n) is 7.29. The number of rotatable bonds is 2. The first-order chi connectivity index (χ1) is 11.5. The first-order valence-corrected chi connectivity index (χ1v) is 8.71. The summed E-state index contributed by atoms with van der Waals surface area (Å²) >= 11 is 0. The molecule has 2 aliphatic rings. The summed E-state index contributed by atoms with van der Waals surface area (Å²) in [4.78, 5) is 14.8. The summed E-state index contributed by atoms with van der Waals surface area (Å²) in [7, 11) is 0. The van der Waals surface area contributed by atoms with Crippen LogP contribution < -0.4 is 5.73 Å². The Balaban J connectivity index is 1.56. The highest BCUT2D eigenvalue weighted by Gasteiger charge is 2.42. The topological polar surface area (TPSA) is 64.2 Å². The number of benzene rings is 1. The van der Waals surface area contributed by atoms with Gasteiger partial charge in [-0.1, -0.05) is 17.7 Å². The number of hydrogen-bond acceptors (Lipinski definition) is 3. The zero-order chi connectivity index (χ0) is 16.8. The van der Waals surface area contributed by atoms with E-state index in [1.807, 2.05) is 34.7 Å². The van der Waals surface area contributed by atoms with Crippen molar-refractivity contribution >= 4 is 5.91 Å². The van der Waals surface area contributed by atoms with Crippen molar-refractivity contribution in [2.24, 2.45) is 17.6 Å². The van der Waals surface area contributed by atoms with Gasteiger partial charge in [-0.05, 0) is 56.7 Å². The van der Waals surface area contributed by atoms with Gasteiger partial charge in [-0.2, -0.15) is 5.10 Å². The smallest absolute Gasteiger partial charge is 0.274 e. The maximum atomic E-state index is 12.8. The van der Waals surface area contributed by atoms with Gasteiger partial charge in [-0.15, -0.1) is 0 Å². The minimum Gasteiger partial charge on any atom is -0.337 e. The van der Waals surface area contributed by atoms with Gasteiger partial charge in [0.1, 0.15) is 0 Å². The Morgan fingerprint density at radius 3 is 2.62 bits per heavy atom. The van der Waals surface area contributed by atoms with E-state index < -0.39 is 0 Å². The van der Waals surface area contributed by atoms with E-state index in [1.165, 1.54) is 5.56 Å². The van der Waals surface area contributed by atoms with Crippen molar-refractivity contribution in [2.75, 3.05) is 13.1 Å². The molecule has 2 N–H and O–H groups in total. The number of aromatic nitrogens is 2. The second kappa shape index (κ2) is 5.74. The van der Waals surface area contributed by atoms with Crippen LogP contribution >= 0.6 is 0 Å². The Morgan fingerprint density at radius 2 is 1.92 bits per heavy atom. The Morgan fingerprint density at radius 1 is 1.17 bits per heavy atom. The molecular weight excluding hydrogens is 300 g/mol. The molecule has 126 valence electrons. The van der Waals surface area contributed by atoms with Crippen LogP contribution in [0.1, 0.15) is 34.6 Å². The fourth-order valence-corrected chi connectivity index (χ4v) is 4.16. The van der Waals surface area contributed by atoms with Crippen molar-refractivity contribution in [3.05, 3.63) is 47.3 Å². The van der Waals surface area contributed by atoms with E-state index in [4.69, 9.17) is 5.73 Å². The molecule has 0 spiro atoms. The number of fused-ring (bicyclic) bond motifs is 1. The fraction of sp³-hybridized carbons (Fsp3) is 0.474. The molecule has 3 atom stereocenters. The average molecular weight is 324 g/mol. The Bertz CT molecular complexity index is 764. The van der Waals surface area contributed by atoms with Crippen LogP contribution in [-0.4, -0.2) is 39.7 Å². The van der Waals surface area contributed by atoms with Gasteiger partial charge >= 0.3 is 0 Å². The summed E-state index contributed by atoms with van der Waals surface area (Å²) in [5.41, 5.74) is 9.87. The number of likely N-dealkylation sites (tertiary alicyclic amines) is 1. The number of nitrogens with zero attached hydrogens (tertiary/aromatic N) is 3. The maximum Gasteiger partial charge on any atom is 0.274 e. The van der Waals surface area contributed by atoms with Crippen molar-refractivity contribution in [2.45, 2.75) is 32.7 Å². The third kappa shape index (κ3) is 2.53. The van der Waals surface area contributed by atoms with Crippen LogP contribution in [0.15, 0.2) is 30.3 Å². The Hall–Kier alpha value is -2.14. The van der Waals surface area contributed by atoms with Gasteiger partial charge in [0.25, 0.3) is 5.91 Å². The van der Waals surface area contributed by atoms with Gasteiger partial charge in [0.15, 0.2) is 5.69 Å². The van der Waals surface area contributed by atoms with Crippen LogP contribution in [0.4, 0.5) is 0 Å². The zero-order valence-corrected chi connectivity index (χ0v) is 14.3. The fourth-order valence-electron chi connectivity index (χ4n) is 4.16. The molecule has 24 heavy (non-hydrogen) atoms. The molecule has 1 aromatic carbocycles. The molecule has 3 unspecified atom stereocenters. The third-order valence-electron chi connectivity index (χ3n) is 5.58. The minimum atomic E-state index is 0.0329. The van der Waals surface area contributed by atoms with E-state index in [0.29, 0.717) is 17.5 Å². The van der Waals surface area contributed by atoms with Crippen molar-refractivity contribution in [1.29, 1.82) is 0 Å². The standard InChI is InChI=1S/C19H24N4O/c1-12-3-6-15(7-4-12)23-13(2)9-18(21-23)19(24)22-10-14-5-8-17(20)16(14)11-22/h3-4,6-7,9,14,16-17H,5,8,10-11,20H2,1-2H3. The molecule has 0 bridgehead atoms. The summed E-state index contributed by atoms with van der Waals surface area (Å²) in [6.45, 7) is 5.65. The predicted octanol–water partition coefficient (Wildman–Crippen LogP) is 2.30. The maximum absolute atomic E-state index is 12.8. The van der Waals surface area contributed by atoms with E-state index >= 15 is 0 Å². The summed E-state index contributed by atoms with van der Waals surface area (Å²) in [6.07, 6.45) is 2.24. The third-order valence-corrected chi connectivity index (χ3v) is 5.58. The lowest BCUT2D eigenvalue weighted by atomic mass is 9.98. The number of hydrogen-bond donors (Lipinski definition) is 1. The van der Waals surface area contributed by atoms with Crippen LogP contribution in [0, 0.1) is 25.7 Å². The van der Waals surface area contributed by atoms with E-state index in [-0.39, 0.29) is 11.9 Å². The van der Waals surface area contributed by atoms with Crippen LogP contribution in [0.25, 0.3) is 5.69 Å². The lowest BCUT2D eigenvalue weighted by molar-refractivity contribution is 0.0773. The summed E-state index contributed by atoms with van der Waals surface area (Å²) < 4.78 is 1.84. The van der Waals surface area contributed by atoms with Crippen LogP contribution in [0.2, 0.25) is 0 Å². The molecule has 1 saturated heterocycles. The lowest BCUT2D eigenvalue weighted by Crippen LogP contribution is -2.33. The highest BCUT2D eigenvalue weighted by Crippen LogP contribution is 2.37. The normalized spacial score (nSPS) is 26.0. The zero-order valence-electron chi connectivity index (χ0n) is 14.3. The van der Waals surface area contributed by atoms with Crippen molar-refractivity contribution in [1.82, 2.24) is 14.7 Å². The van der Waals surface area contributed by atoms with E-state index in [2.05, 4.69) is 24.2 Å². The van der Waals surface area contributed by atoms with E-state index in [9.17, 15) is 4.79 Å². The monoisotopic (exact) mass is 324 g/mol. The number of aryl methyl sites for hydroxylation is 2. The number of carbonyl (C=O) groups is 1. The summed E-state index contributed by atoms with van der Waals surface area (Å²) in [6, 6.07) is 10.3. The number of nitrogens with two attached hydrogens (primary N) is 1. The van der Waals surface area contributed by atoms with E-state index in [0.717, 1.165) is 37.3 Å². The van der Waals surface area contributed by atoms with Gasteiger partial charge in [-0.3, -0.25) is 4.79 Å². The van der Waals surface area contributed by atoms with Crippen molar-refractivity contribution in [3.63, 3.8) is 0 Å². The Labute approximate surface area is 142 Å². The van der Waals surface area contributed by atoms with Gasteiger partial charge in [-0.25, -0.2) is 4.68 Å². The minimum absolute atomic E-state index is 0.0329. The van der Waals surface area contributed by atoms with Gasteiger partial charge in [0.2, 0.25) is 0 Å². The highest BCUT2D eigenvalue weighted by molar-refractivity contribution is 5.92. The van der Waals surface area contributed by atoms with Crippen molar-refractivity contribution in [3.8, 4) is 5.69 Å². The molecule has 5 nitrogen and oxygen atoms in total. The largest absolute Gasteiger partial charge is 0.337 e. The summed E-state index contributed by atoms with van der Waals surface area (Å²) in [5.74, 6) is 1.07. The molecule has 2 fully saturated rings. The number of carbonyl (C=O) groups excluding carboxylic acids is 1. The van der Waals surface area contributed by atoms with Crippen LogP contribution in [0.3, 0.4) is 0 Å². The molecular formula is C19H24N4O. The predicted molar refractivity (Wildman–Crippen MR) is 93.1 cm³/mol. The average Bonchev–Trinajstić information content (AvgIpc) is 3.24. The van der Waals surface area contributed by atoms with Crippen molar-refractivity contribution < 1.29 is 4.79 Å². The molecule has 1 aliphatic carbocycles. The molecule has 2 heterocycles. The Kier molecular flexibility index (Phi) is 3.68. The molecule has 1 aliphatic heterocycles. The highest BCUT2D eigenvalue weighted by atomic mass is 16.2. The van der Waals surface area contributed by atoms with Gasteiger partial charge in [0.05, 0.1) is 5.69 Å². The molecule has 2 aromatic rings. The lowest BCUT2D eigenvalue weighted by Gasteiger charge is -2.17. The summed E-state index contributed by atoms with van der Waals surface area (Å²) in [5, 5.41) is 4.56. The van der Waals surface area contributed by atoms with Crippen LogP contribution in [-0.2, 0) is 0 Å². The molecule has 4 rings (SSSR count). The molecule has 1 amide bonds. The quantitative estimate of drug-likeness (QED) is 0.922. The van der Waals surface area contributed by atoms with Gasteiger partial charge in [0, 0.05) is 24.8 Å². The first kappa shape index (κ1) is 15.4. The molecule has 5 heteroatoms. The molecule has 0 radical (unpaired) electrons. The molecule has 1 aromatic heterocycles. The van der Waals surface area contributed by atoms with Crippen LogP contribution in [0.5, 0.6) is 0 Å². The molecule has 1 saturated carbocycles. The SMILES string of the molecule is Cc1ccc(-n2nc(C(=O)N3CC4CCC(N)C4C3)cc2C)cc1. The number of amides is 1. The second-order valence-corrected chi connectivity index (χ2v) is 7.29. The van der Waals surface area contributed by atoms with E-state index in [1.54, 1.807) is 0 Å². The first-order valence-electron chi connectivity index (χ1n) is 8.71.